The third kappa shape index (κ3) is 6.52. The Bertz CT molecular complexity index is 1550. The minimum Gasteiger partial charge on any atom is -0.507 e. The molecule has 1 amide bonds. The molecule has 0 saturated carbocycles. The first kappa shape index (κ1) is 28.6. The van der Waals surface area contributed by atoms with E-state index in [4.69, 9.17) is 4.74 Å². The van der Waals surface area contributed by atoms with Crippen molar-refractivity contribution < 1.29 is 19.4 Å². The number of rotatable bonds is 11. The summed E-state index contributed by atoms with van der Waals surface area (Å²) in [6, 6.07) is 23.5. The smallest absolute Gasteiger partial charge is 0.301 e. The third-order valence-electron chi connectivity index (χ3n) is 6.77. The van der Waals surface area contributed by atoms with Crippen LogP contribution in [-0.4, -0.2) is 33.6 Å². The summed E-state index contributed by atoms with van der Waals surface area (Å²) in [5.41, 5.74) is 3.44. The maximum Gasteiger partial charge on any atom is 0.301 e. The van der Waals surface area contributed by atoms with Crippen LogP contribution in [0.3, 0.4) is 0 Å². The van der Waals surface area contributed by atoms with E-state index in [0.29, 0.717) is 38.7 Å². The Balaban J connectivity index is 1.50. The highest BCUT2D eigenvalue weighted by Crippen LogP contribution is 2.44. The van der Waals surface area contributed by atoms with Gasteiger partial charge < -0.3 is 9.84 Å². The van der Waals surface area contributed by atoms with Gasteiger partial charge in [0.05, 0.1) is 18.2 Å². The average Bonchev–Trinajstić information content (AvgIpc) is 3.57. The molecule has 9 heteroatoms. The fraction of sp³-hybridized carbons (Fsp3) is 0.250. The number of amides is 1. The first-order valence-electron chi connectivity index (χ1n) is 13.6. The molecule has 3 aromatic carbocycles. The molecule has 210 valence electrons. The normalized spacial score (nSPS) is 16.3. The number of carbonyl (C=O) groups excluding carboxylic acids is 2. The Hall–Kier alpha value is -3.95. The van der Waals surface area contributed by atoms with Gasteiger partial charge in [-0.2, -0.15) is 0 Å². The Morgan fingerprint density at radius 3 is 2.54 bits per heavy atom. The number of Topliss-reactive ketones (excluding diaryl/α,β-unsaturated/α-hetero) is 1. The number of thioether (sulfide) groups is 1. The Kier molecular flexibility index (Phi) is 9.16. The van der Waals surface area contributed by atoms with Crippen molar-refractivity contribution in [2.45, 2.75) is 49.2 Å². The van der Waals surface area contributed by atoms with Gasteiger partial charge in [-0.05, 0) is 36.6 Å². The lowest BCUT2D eigenvalue weighted by Crippen LogP contribution is -2.29. The van der Waals surface area contributed by atoms with Crippen LogP contribution in [0.4, 0.5) is 5.13 Å². The summed E-state index contributed by atoms with van der Waals surface area (Å²) in [4.78, 5) is 28.3. The van der Waals surface area contributed by atoms with Crippen molar-refractivity contribution in [1.82, 2.24) is 10.2 Å². The van der Waals surface area contributed by atoms with Gasteiger partial charge in [0.2, 0.25) is 5.13 Å². The van der Waals surface area contributed by atoms with Crippen LogP contribution < -0.4 is 9.64 Å². The predicted octanol–water partition coefficient (Wildman–Crippen LogP) is 7.33. The topological polar surface area (TPSA) is 92.6 Å². The molecule has 5 rings (SSSR count). The summed E-state index contributed by atoms with van der Waals surface area (Å²) in [6.45, 7) is 4.75. The van der Waals surface area contributed by atoms with E-state index in [2.05, 4.69) is 41.4 Å². The number of aryl methyl sites for hydroxylation is 1. The zero-order valence-corrected chi connectivity index (χ0v) is 24.6. The standard InChI is InChI=1S/C32H31N3O4S2/c1-3-4-8-18-39-25-13-9-12-24(19-25)27-26(28(36)23-10-6-5-7-11-23)29(37)30(38)35(27)31-33-34-32(41-31)40-20-22-16-14-21(2)15-17-22/h5-7,9-17,19,27,36H,3-4,8,18,20H2,1-2H3/b28-26+. The van der Waals surface area contributed by atoms with Crippen molar-refractivity contribution >= 4 is 45.7 Å². The van der Waals surface area contributed by atoms with E-state index in [9.17, 15) is 14.7 Å². The number of aliphatic hydroxyl groups is 1. The number of hydrogen-bond donors (Lipinski definition) is 1. The molecule has 0 radical (unpaired) electrons. The second-order valence-corrected chi connectivity index (χ2v) is 12.0. The number of anilines is 1. The number of hydrogen-bond acceptors (Lipinski definition) is 8. The van der Waals surface area contributed by atoms with Crippen LogP contribution in [0.2, 0.25) is 0 Å². The van der Waals surface area contributed by atoms with Crippen molar-refractivity contribution in [2.75, 3.05) is 11.5 Å². The van der Waals surface area contributed by atoms with Crippen molar-refractivity contribution in [1.29, 1.82) is 0 Å². The molecule has 41 heavy (non-hydrogen) atoms. The van der Waals surface area contributed by atoms with E-state index < -0.39 is 17.7 Å². The second kappa shape index (κ2) is 13.1. The molecule has 1 atom stereocenters. The number of benzene rings is 3. The highest BCUT2D eigenvalue weighted by atomic mass is 32.2. The molecule has 1 N–H and O–H groups in total. The highest BCUT2D eigenvalue weighted by molar-refractivity contribution is 8.00. The lowest BCUT2D eigenvalue weighted by molar-refractivity contribution is -0.132. The van der Waals surface area contributed by atoms with Gasteiger partial charge in [-0.25, -0.2) is 0 Å². The quantitative estimate of drug-likeness (QED) is 0.0492. The number of aliphatic hydroxyl groups excluding tert-OH is 1. The van der Waals surface area contributed by atoms with E-state index >= 15 is 0 Å². The molecule has 4 aromatic rings. The number of ether oxygens (including phenoxy) is 1. The summed E-state index contributed by atoms with van der Waals surface area (Å²) >= 11 is 2.77. The van der Waals surface area contributed by atoms with E-state index in [1.165, 1.54) is 33.6 Å². The molecule has 1 saturated heterocycles. The minimum absolute atomic E-state index is 0.00777. The fourth-order valence-electron chi connectivity index (χ4n) is 4.60. The van der Waals surface area contributed by atoms with E-state index in [0.717, 1.165) is 24.8 Å². The van der Waals surface area contributed by atoms with Crippen molar-refractivity contribution in [2.24, 2.45) is 0 Å². The van der Waals surface area contributed by atoms with Gasteiger partial charge in [0.15, 0.2) is 4.34 Å². The summed E-state index contributed by atoms with van der Waals surface area (Å²) in [6.07, 6.45) is 3.09. The summed E-state index contributed by atoms with van der Waals surface area (Å²) < 4.78 is 6.65. The zero-order valence-electron chi connectivity index (χ0n) is 22.9. The monoisotopic (exact) mass is 585 g/mol. The SMILES string of the molecule is CCCCCOc1cccc(C2/C(=C(\O)c3ccccc3)C(=O)C(=O)N2c2nnc(SCc3ccc(C)cc3)s2)c1. The third-order valence-corrected chi connectivity index (χ3v) is 8.89. The highest BCUT2D eigenvalue weighted by Gasteiger charge is 2.48. The van der Waals surface area contributed by atoms with Crippen molar-refractivity contribution in [3.8, 4) is 5.75 Å². The molecular weight excluding hydrogens is 555 g/mol. The molecule has 1 aliphatic rings. The number of nitrogens with zero attached hydrogens (tertiary/aromatic N) is 3. The summed E-state index contributed by atoms with van der Waals surface area (Å²) in [5.74, 6) is -0.426. The van der Waals surface area contributed by atoms with Crippen LogP contribution >= 0.6 is 23.1 Å². The Labute approximate surface area is 247 Å². The lowest BCUT2D eigenvalue weighted by atomic mass is 9.95. The number of aromatic nitrogens is 2. The van der Waals surface area contributed by atoms with E-state index in [1.54, 1.807) is 24.3 Å². The molecule has 0 aliphatic carbocycles. The van der Waals surface area contributed by atoms with Crippen molar-refractivity contribution in [3.05, 3.63) is 107 Å². The molecule has 1 unspecified atom stereocenters. The molecule has 7 nitrogen and oxygen atoms in total. The zero-order chi connectivity index (χ0) is 28.8. The predicted molar refractivity (Wildman–Crippen MR) is 163 cm³/mol. The van der Waals surface area contributed by atoms with Crippen LogP contribution in [0.5, 0.6) is 5.75 Å². The van der Waals surface area contributed by atoms with Crippen molar-refractivity contribution in [3.63, 3.8) is 0 Å². The lowest BCUT2D eigenvalue weighted by Gasteiger charge is -2.23. The molecule has 1 aliphatic heterocycles. The second-order valence-electron chi connectivity index (χ2n) is 9.79. The average molecular weight is 586 g/mol. The Morgan fingerprint density at radius 1 is 1.00 bits per heavy atom. The maximum atomic E-state index is 13.5. The van der Waals surface area contributed by atoms with E-state index in [1.807, 2.05) is 37.3 Å². The van der Waals surface area contributed by atoms with Gasteiger partial charge in [-0.3, -0.25) is 14.5 Å². The van der Waals surface area contributed by atoms with Crippen LogP contribution in [-0.2, 0) is 15.3 Å². The first-order valence-corrected chi connectivity index (χ1v) is 15.4. The van der Waals surface area contributed by atoms with Crippen LogP contribution in [0.25, 0.3) is 5.76 Å². The molecule has 0 spiro atoms. The molecular formula is C32H31N3O4S2. The Morgan fingerprint density at radius 2 is 1.78 bits per heavy atom. The first-order chi connectivity index (χ1) is 20.0. The maximum absolute atomic E-state index is 13.5. The largest absolute Gasteiger partial charge is 0.507 e. The number of ketones is 1. The van der Waals surface area contributed by atoms with Gasteiger partial charge in [0.25, 0.3) is 5.78 Å². The minimum atomic E-state index is -0.891. The van der Waals surface area contributed by atoms with Gasteiger partial charge in [-0.15, -0.1) is 10.2 Å². The van der Waals surface area contributed by atoms with Crippen LogP contribution in [0.15, 0.2) is 88.8 Å². The molecule has 1 aromatic heterocycles. The summed E-state index contributed by atoms with van der Waals surface area (Å²) in [5, 5.41) is 20.2. The van der Waals surface area contributed by atoms with Gasteiger partial charge in [0, 0.05) is 11.3 Å². The van der Waals surface area contributed by atoms with E-state index in [-0.39, 0.29) is 11.3 Å². The van der Waals surface area contributed by atoms with Crippen LogP contribution in [0.1, 0.15) is 54.5 Å². The van der Waals surface area contributed by atoms with Gasteiger partial charge in [-0.1, -0.05) is 115 Å². The van der Waals surface area contributed by atoms with Crippen LogP contribution in [0, 0.1) is 6.92 Å². The number of carbonyl (C=O) groups is 2. The van der Waals surface area contributed by atoms with Gasteiger partial charge in [0.1, 0.15) is 11.5 Å². The van der Waals surface area contributed by atoms with Gasteiger partial charge >= 0.3 is 5.91 Å². The fourth-order valence-corrected chi connectivity index (χ4v) is 6.42. The molecule has 1 fully saturated rings. The number of unbranched alkanes of at least 4 members (excludes halogenated alkanes) is 2. The summed E-state index contributed by atoms with van der Waals surface area (Å²) in [7, 11) is 0. The molecule has 0 bridgehead atoms. The molecule has 2 heterocycles.